The molecule has 1 aliphatic carbocycles. The van der Waals surface area contributed by atoms with Crippen LogP contribution in [0.5, 0.6) is 0 Å². The van der Waals surface area contributed by atoms with Crippen LogP contribution in [-0.2, 0) is 4.74 Å². The van der Waals surface area contributed by atoms with Crippen molar-refractivity contribution in [1.82, 2.24) is 14.7 Å². The molecule has 2 atom stereocenters. The summed E-state index contributed by atoms with van der Waals surface area (Å²) in [7, 11) is 0. The Morgan fingerprint density at radius 2 is 2.22 bits per heavy atom. The fourth-order valence-electron chi connectivity index (χ4n) is 3.53. The van der Waals surface area contributed by atoms with Crippen LogP contribution in [0, 0.1) is 0 Å². The second-order valence-corrected chi connectivity index (χ2v) is 6.47. The molecule has 2 heterocycles. The Morgan fingerprint density at radius 1 is 1.30 bits per heavy atom. The Balaban J connectivity index is 1.57. The van der Waals surface area contributed by atoms with Crippen molar-refractivity contribution in [2.75, 3.05) is 13.2 Å². The molecule has 1 amide bonds. The molecule has 23 heavy (non-hydrogen) atoms. The summed E-state index contributed by atoms with van der Waals surface area (Å²) >= 11 is 6.02. The second kappa shape index (κ2) is 5.98. The zero-order valence-electron chi connectivity index (χ0n) is 12.7. The van der Waals surface area contributed by atoms with E-state index >= 15 is 0 Å². The monoisotopic (exact) mass is 331 g/mol. The smallest absolute Gasteiger partial charge is 0.274 e. The SMILES string of the molecule is O=C(c1ccn(-c2cccc(Cl)c2)n1)N1CCO[C@H]2CCC[C@H]21. The van der Waals surface area contributed by atoms with Crippen LogP contribution < -0.4 is 0 Å². The molecule has 0 spiro atoms. The topological polar surface area (TPSA) is 47.4 Å². The minimum absolute atomic E-state index is 0.00835. The zero-order chi connectivity index (χ0) is 15.8. The Hall–Kier alpha value is -1.85. The molecule has 1 saturated heterocycles. The van der Waals surface area contributed by atoms with Gasteiger partial charge in [-0.05, 0) is 43.5 Å². The van der Waals surface area contributed by atoms with Gasteiger partial charge in [-0.1, -0.05) is 17.7 Å². The van der Waals surface area contributed by atoms with E-state index in [1.165, 1.54) is 0 Å². The molecule has 0 unspecified atom stereocenters. The fraction of sp³-hybridized carbons (Fsp3) is 0.412. The van der Waals surface area contributed by atoms with E-state index < -0.39 is 0 Å². The highest BCUT2D eigenvalue weighted by molar-refractivity contribution is 6.30. The van der Waals surface area contributed by atoms with Crippen molar-refractivity contribution < 1.29 is 9.53 Å². The first-order chi connectivity index (χ1) is 11.2. The van der Waals surface area contributed by atoms with Crippen LogP contribution in [0.15, 0.2) is 36.5 Å². The van der Waals surface area contributed by atoms with Crippen molar-refractivity contribution in [2.45, 2.75) is 31.4 Å². The molecule has 0 bridgehead atoms. The third kappa shape index (κ3) is 2.75. The lowest BCUT2D eigenvalue weighted by molar-refractivity contribution is -0.0447. The Kier molecular flexibility index (Phi) is 3.83. The molecule has 1 saturated carbocycles. The average Bonchev–Trinajstić information content (AvgIpc) is 3.23. The van der Waals surface area contributed by atoms with Gasteiger partial charge in [-0.25, -0.2) is 4.68 Å². The van der Waals surface area contributed by atoms with Gasteiger partial charge in [0.2, 0.25) is 0 Å². The van der Waals surface area contributed by atoms with Crippen molar-refractivity contribution in [1.29, 1.82) is 0 Å². The second-order valence-electron chi connectivity index (χ2n) is 6.03. The van der Waals surface area contributed by atoms with Gasteiger partial charge in [0.1, 0.15) is 0 Å². The first kappa shape index (κ1) is 14.7. The standard InChI is InChI=1S/C17H18ClN3O2/c18-12-3-1-4-13(11-12)21-8-7-14(19-21)17(22)20-9-10-23-16-6-2-5-15(16)20/h1,3-4,7-8,11,15-16H,2,5-6,9-10H2/t15-,16+/m1/s1. The van der Waals surface area contributed by atoms with Crippen LogP contribution in [-0.4, -0.2) is 45.9 Å². The number of hydrogen-bond donors (Lipinski definition) is 0. The lowest BCUT2D eigenvalue weighted by Gasteiger charge is -2.37. The van der Waals surface area contributed by atoms with Crippen LogP contribution in [0.2, 0.25) is 5.02 Å². The molecule has 0 radical (unpaired) electrons. The third-order valence-electron chi connectivity index (χ3n) is 4.62. The van der Waals surface area contributed by atoms with Crippen molar-refractivity contribution in [3.63, 3.8) is 0 Å². The molecule has 120 valence electrons. The number of morpholine rings is 1. The predicted molar refractivity (Wildman–Crippen MR) is 87.0 cm³/mol. The van der Waals surface area contributed by atoms with E-state index in [1.807, 2.05) is 29.2 Å². The van der Waals surface area contributed by atoms with Crippen molar-refractivity contribution in [3.05, 3.63) is 47.2 Å². The number of aromatic nitrogens is 2. The van der Waals surface area contributed by atoms with E-state index in [-0.39, 0.29) is 18.1 Å². The lowest BCUT2D eigenvalue weighted by atomic mass is 10.1. The maximum absolute atomic E-state index is 12.8. The van der Waals surface area contributed by atoms with Crippen LogP contribution in [0.3, 0.4) is 0 Å². The lowest BCUT2D eigenvalue weighted by Crippen LogP contribution is -2.51. The van der Waals surface area contributed by atoms with E-state index in [4.69, 9.17) is 16.3 Å². The van der Waals surface area contributed by atoms with E-state index in [9.17, 15) is 4.79 Å². The molecule has 6 heteroatoms. The van der Waals surface area contributed by atoms with Gasteiger partial charge in [-0.2, -0.15) is 5.10 Å². The minimum Gasteiger partial charge on any atom is -0.374 e. The highest BCUT2D eigenvalue weighted by atomic mass is 35.5. The van der Waals surface area contributed by atoms with Crippen molar-refractivity contribution >= 4 is 17.5 Å². The maximum Gasteiger partial charge on any atom is 0.274 e. The molecule has 0 N–H and O–H groups in total. The van der Waals surface area contributed by atoms with Gasteiger partial charge in [0, 0.05) is 17.8 Å². The summed E-state index contributed by atoms with van der Waals surface area (Å²) in [5.74, 6) is -0.00835. The number of nitrogens with zero attached hydrogens (tertiary/aromatic N) is 3. The first-order valence-corrected chi connectivity index (χ1v) is 8.34. The highest BCUT2D eigenvalue weighted by Crippen LogP contribution is 2.30. The van der Waals surface area contributed by atoms with Gasteiger partial charge < -0.3 is 9.64 Å². The molecule has 4 rings (SSSR count). The number of fused-ring (bicyclic) bond motifs is 1. The number of carbonyl (C=O) groups excluding carboxylic acids is 1. The van der Waals surface area contributed by atoms with Gasteiger partial charge in [0.15, 0.2) is 5.69 Å². The number of hydrogen-bond acceptors (Lipinski definition) is 3. The summed E-state index contributed by atoms with van der Waals surface area (Å²) in [6.45, 7) is 1.26. The van der Waals surface area contributed by atoms with Gasteiger partial charge in [-0.15, -0.1) is 0 Å². The Labute approximate surface area is 139 Å². The van der Waals surface area contributed by atoms with Gasteiger partial charge in [0.05, 0.1) is 24.4 Å². The molecular weight excluding hydrogens is 314 g/mol. The largest absolute Gasteiger partial charge is 0.374 e. The third-order valence-corrected chi connectivity index (χ3v) is 4.86. The maximum atomic E-state index is 12.8. The minimum atomic E-state index is -0.00835. The molecule has 2 fully saturated rings. The molecule has 5 nitrogen and oxygen atoms in total. The van der Waals surface area contributed by atoms with E-state index in [0.717, 1.165) is 24.9 Å². The first-order valence-electron chi connectivity index (χ1n) is 7.96. The number of benzene rings is 1. The number of halogens is 1. The fourth-order valence-corrected chi connectivity index (χ4v) is 3.71. The molecule has 2 aliphatic rings. The summed E-state index contributed by atoms with van der Waals surface area (Å²) in [4.78, 5) is 14.8. The molecular formula is C17H18ClN3O2. The molecule has 2 aromatic rings. The molecule has 1 aromatic heterocycles. The normalized spacial score (nSPS) is 23.8. The average molecular weight is 332 g/mol. The predicted octanol–water partition coefficient (Wildman–Crippen LogP) is 2.92. The molecule has 1 aromatic carbocycles. The summed E-state index contributed by atoms with van der Waals surface area (Å²) in [5, 5.41) is 5.08. The van der Waals surface area contributed by atoms with Gasteiger partial charge in [-0.3, -0.25) is 4.79 Å². The molecule has 1 aliphatic heterocycles. The number of ether oxygens (including phenoxy) is 1. The quantitative estimate of drug-likeness (QED) is 0.850. The van der Waals surface area contributed by atoms with Crippen LogP contribution in [0.25, 0.3) is 5.69 Å². The van der Waals surface area contributed by atoms with Crippen LogP contribution >= 0.6 is 11.6 Å². The van der Waals surface area contributed by atoms with Gasteiger partial charge >= 0.3 is 0 Å². The van der Waals surface area contributed by atoms with Crippen LogP contribution in [0.1, 0.15) is 29.8 Å². The van der Waals surface area contributed by atoms with Crippen LogP contribution in [0.4, 0.5) is 0 Å². The van der Waals surface area contributed by atoms with E-state index in [0.29, 0.717) is 23.9 Å². The number of carbonyl (C=O) groups is 1. The number of rotatable bonds is 2. The van der Waals surface area contributed by atoms with Crippen molar-refractivity contribution in [3.8, 4) is 5.69 Å². The number of amides is 1. The van der Waals surface area contributed by atoms with Crippen molar-refractivity contribution in [2.24, 2.45) is 0 Å². The summed E-state index contributed by atoms with van der Waals surface area (Å²) in [6, 6.07) is 9.38. The summed E-state index contributed by atoms with van der Waals surface area (Å²) in [5.41, 5.74) is 1.31. The Bertz CT molecular complexity index is 730. The zero-order valence-corrected chi connectivity index (χ0v) is 13.4. The summed E-state index contributed by atoms with van der Waals surface area (Å²) < 4.78 is 7.46. The van der Waals surface area contributed by atoms with E-state index in [1.54, 1.807) is 16.9 Å². The highest BCUT2D eigenvalue weighted by Gasteiger charge is 2.39. The Morgan fingerprint density at radius 3 is 3.09 bits per heavy atom. The van der Waals surface area contributed by atoms with E-state index in [2.05, 4.69) is 5.10 Å². The van der Waals surface area contributed by atoms with Gasteiger partial charge in [0.25, 0.3) is 5.91 Å². The summed E-state index contributed by atoms with van der Waals surface area (Å²) in [6.07, 6.45) is 5.18.